The van der Waals surface area contributed by atoms with E-state index in [1.165, 1.54) is 14.0 Å². The van der Waals surface area contributed by atoms with Crippen LogP contribution in [0.15, 0.2) is 91.0 Å². The summed E-state index contributed by atoms with van der Waals surface area (Å²) in [6.45, 7) is 1.67. The number of alkyl carbamates (subject to hydrolysis) is 1. The minimum Gasteiger partial charge on any atom is -0.469 e. The predicted octanol–water partition coefficient (Wildman–Crippen LogP) is 6.63. The smallest absolute Gasteiger partial charge is 0.407 e. The maximum atomic E-state index is 13.5. The van der Waals surface area contributed by atoms with Gasteiger partial charge in [0.1, 0.15) is 49.0 Å². The third kappa shape index (κ3) is 20.2. The minimum atomic E-state index is -2.00. The Labute approximate surface area is 428 Å². The molecule has 3 aromatic rings. The summed E-state index contributed by atoms with van der Waals surface area (Å²) in [4.78, 5) is 63.8. The molecule has 2 saturated heterocycles. The quantitative estimate of drug-likeness (QED) is 0.0354. The van der Waals surface area contributed by atoms with Crippen LogP contribution in [0, 0.1) is 0 Å². The molecular formula is C50H62Cl3NO17. The first-order valence-corrected chi connectivity index (χ1v) is 24.3. The molecule has 0 unspecified atom stereocenters. The van der Waals surface area contributed by atoms with Crippen molar-refractivity contribution in [2.45, 2.75) is 137 Å². The highest BCUT2D eigenvalue weighted by atomic mass is 35.6. The molecule has 1 amide bonds. The number of Topliss-reactive ketones (excluding diaryl/α,β-unsaturated/α-hetero) is 1. The van der Waals surface area contributed by atoms with Crippen molar-refractivity contribution in [2.24, 2.45) is 0 Å². The van der Waals surface area contributed by atoms with Gasteiger partial charge in [-0.15, -0.1) is 0 Å². The number of halogens is 3. The maximum Gasteiger partial charge on any atom is 0.407 e. The molecule has 21 heteroatoms. The van der Waals surface area contributed by atoms with Crippen molar-refractivity contribution < 1.29 is 81.2 Å². The highest BCUT2D eigenvalue weighted by molar-refractivity contribution is 6.67. The van der Waals surface area contributed by atoms with Crippen molar-refractivity contribution in [3.8, 4) is 0 Å². The monoisotopic (exact) mass is 1050 g/mol. The number of alkyl halides is 3. The minimum absolute atomic E-state index is 0.0118. The molecule has 2 fully saturated rings. The number of carbonyl (C=O) groups excluding carboxylic acids is 5. The van der Waals surface area contributed by atoms with E-state index in [0.717, 1.165) is 23.6 Å². The molecular weight excluding hydrogens is 993 g/mol. The third-order valence-corrected chi connectivity index (χ3v) is 11.4. The van der Waals surface area contributed by atoms with Crippen molar-refractivity contribution in [1.82, 2.24) is 5.32 Å². The molecule has 2 N–H and O–H groups in total. The summed E-state index contributed by atoms with van der Waals surface area (Å²) in [5.41, 5.74) is 2.42. The average Bonchev–Trinajstić information content (AvgIpc) is 3.34. The number of amides is 1. The van der Waals surface area contributed by atoms with Crippen molar-refractivity contribution in [3.05, 3.63) is 108 Å². The SMILES string of the molecule is COC(=O)CCCCCO[C@@H]1O[C@H](COCc2ccccc2)[C@@H](O[C@@H]2O[C@H](COCc3ccccc3)[C@H](OCc3ccccc3)[C@H](O)[C@H]2OC(=O)CCC(C)=O)[C@H](OC(C)=O)[C@H]1NC(=O)OCC(Cl)(Cl)Cl. The number of ketones is 1. The normalized spacial score (nSPS) is 24.3. The fourth-order valence-electron chi connectivity index (χ4n) is 7.62. The van der Waals surface area contributed by atoms with Gasteiger partial charge in [-0.3, -0.25) is 14.4 Å². The number of aliphatic hydroxyl groups is 1. The Kier molecular flexibility index (Phi) is 24.2. The summed E-state index contributed by atoms with van der Waals surface area (Å²) in [6, 6.07) is 26.3. The first-order valence-electron chi connectivity index (χ1n) is 23.2. The lowest BCUT2D eigenvalue weighted by atomic mass is 9.95. The number of nitrogens with one attached hydrogen (secondary N) is 1. The van der Waals surface area contributed by atoms with Crippen LogP contribution in [0.4, 0.5) is 4.79 Å². The van der Waals surface area contributed by atoms with Crippen LogP contribution in [0.25, 0.3) is 0 Å². The zero-order valence-electron chi connectivity index (χ0n) is 39.7. The van der Waals surface area contributed by atoms with Gasteiger partial charge in [0.2, 0.25) is 3.79 Å². The van der Waals surface area contributed by atoms with Crippen LogP contribution in [-0.2, 0) is 91.1 Å². The number of ether oxygens (including phenoxy) is 11. The van der Waals surface area contributed by atoms with Gasteiger partial charge in [0, 0.05) is 26.4 Å². The lowest BCUT2D eigenvalue weighted by Gasteiger charge is -2.49. The molecule has 3 aromatic carbocycles. The van der Waals surface area contributed by atoms with Gasteiger partial charge in [-0.1, -0.05) is 132 Å². The lowest BCUT2D eigenvalue weighted by Crippen LogP contribution is -2.69. The number of carbonyl (C=O) groups is 5. The summed E-state index contributed by atoms with van der Waals surface area (Å²) in [5, 5.41) is 14.9. The molecule has 18 nitrogen and oxygen atoms in total. The molecule has 0 spiro atoms. The van der Waals surface area contributed by atoms with E-state index in [9.17, 15) is 29.1 Å². The van der Waals surface area contributed by atoms with Crippen LogP contribution < -0.4 is 5.32 Å². The van der Waals surface area contributed by atoms with Crippen LogP contribution in [0.5, 0.6) is 0 Å². The van der Waals surface area contributed by atoms with Crippen LogP contribution >= 0.6 is 34.8 Å². The molecule has 0 aromatic heterocycles. The van der Waals surface area contributed by atoms with Gasteiger partial charge in [-0.05, 0) is 36.5 Å². The van der Waals surface area contributed by atoms with Crippen LogP contribution in [0.3, 0.4) is 0 Å². The molecule has 5 rings (SSSR count). The van der Waals surface area contributed by atoms with E-state index < -0.39 is 89.8 Å². The van der Waals surface area contributed by atoms with Crippen molar-refractivity contribution >= 4 is 64.6 Å². The number of unbranched alkanes of at least 4 members (excludes halogenated alkanes) is 2. The van der Waals surface area contributed by atoms with E-state index in [4.69, 9.17) is 86.9 Å². The number of hydrogen-bond donors (Lipinski definition) is 2. The van der Waals surface area contributed by atoms with Crippen LogP contribution in [-0.4, -0.2) is 134 Å². The molecule has 71 heavy (non-hydrogen) atoms. The van der Waals surface area contributed by atoms with Gasteiger partial charge in [-0.25, -0.2) is 4.79 Å². The van der Waals surface area contributed by atoms with Crippen LogP contribution in [0.2, 0.25) is 0 Å². The molecule has 0 bridgehead atoms. The second-order valence-electron chi connectivity index (χ2n) is 16.8. The average molecular weight is 1060 g/mol. The topological polar surface area (TPSA) is 219 Å². The second-order valence-corrected chi connectivity index (χ2v) is 19.3. The second kappa shape index (κ2) is 29.9. The van der Waals surface area contributed by atoms with Gasteiger partial charge < -0.3 is 67.3 Å². The first kappa shape index (κ1) is 57.5. The number of methoxy groups -OCH3 is 1. The van der Waals surface area contributed by atoms with Gasteiger partial charge in [0.15, 0.2) is 24.8 Å². The highest BCUT2D eigenvalue weighted by Crippen LogP contribution is 2.35. The fourth-order valence-corrected chi connectivity index (χ4v) is 7.78. The number of rotatable bonds is 27. The zero-order chi connectivity index (χ0) is 51.2. The van der Waals surface area contributed by atoms with Crippen LogP contribution in [0.1, 0.15) is 69.1 Å². The Hall–Kier alpha value is -4.44. The Morgan fingerprint density at radius 3 is 1.75 bits per heavy atom. The number of aliphatic hydroxyl groups excluding tert-OH is 1. The van der Waals surface area contributed by atoms with Gasteiger partial charge in [0.05, 0.1) is 46.6 Å². The fraction of sp³-hybridized carbons (Fsp3) is 0.540. The summed E-state index contributed by atoms with van der Waals surface area (Å²) in [5.74, 6) is -2.33. The lowest BCUT2D eigenvalue weighted by molar-refractivity contribution is -0.354. The van der Waals surface area contributed by atoms with Crippen molar-refractivity contribution in [3.63, 3.8) is 0 Å². The Balaban J connectivity index is 1.53. The predicted molar refractivity (Wildman–Crippen MR) is 256 cm³/mol. The third-order valence-electron chi connectivity index (χ3n) is 11.1. The summed E-state index contributed by atoms with van der Waals surface area (Å²) < 4.78 is 64.7. The van der Waals surface area contributed by atoms with Crippen molar-refractivity contribution in [2.75, 3.05) is 33.5 Å². The summed E-state index contributed by atoms with van der Waals surface area (Å²) in [6.07, 6.45) is -12.8. The standard InChI is InChI=1S/C50H62Cl3NO17/c1-32(55)23-24-40(58)70-46-42(59)43(65-28-36-20-12-6-13-21-36)37(29-62-26-34-16-8-4-9-17-34)69-48(46)71-44-38(30-63-27-35-18-10-5-11-19-35)68-47(64-25-15-7-14-22-39(57)61-3)41(45(44)67-33(2)56)54-49(60)66-31-50(51,52)53/h4-6,8-13,16-21,37-38,41-48,59H,7,14-15,22-31H2,1-3H3,(H,54,60)/t37-,38-,41-,42+,43+,44-,45-,46-,47-,48+/m1/s1. The molecule has 0 aliphatic carbocycles. The maximum absolute atomic E-state index is 13.5. The van der Waals surface area contributed by atoms with E-state index in [-0.39, 0.29) is 70.7 Å². The number of benzene rings is 3. The molecule has 2 aliphatic heterocycles. The van der Waals surface area contributed by atoms with Crippen molar-refractivity contribution in [1.29, 1.82) is 0 Å². The summed E-state index contributed by atoms with van der Waals surface area (Å²) >= 11 is 17.7. The van der Waals surface area contributed by atoms with Gasteiger partial charge >= 0.3 is 24.0 Å². The van der Waals surface area contributed by atoms with E-state index in [0.29, 0.717) is 19.3 Å². The number of esters is 3. The van der Waals surface area contributed by atoms with E-state index in [1.54, 1.807) is 0 Å². The first-order chi connectivity index (χ1) is 34.1. The molecule has 10 atom stereocenters. The van der Waals surface area contributed by atoms with Gasteiger partial charge in [0.25, 0.3) is 0 Å². The molecule has 2 aliphatic rings. The Bertz CT molecular complexity index is 2090. The Morgan fingerprint density at radius 2 is 1.20 bits per heavy atom. The van der Waals surface area contributed by atoms with Gasteiger partial charge in [-0.2, -0.15) is 0 Å². The molecule has 0 radical (unpaired) electrons. The Morgan fingerprint density at radius 1 is 0.634 bits per heavy atom. The summed E-state index contributed by atoms with van der Waals surface area (Å²) in [7, 11) is 1.30. The highest BCUT2D eigenvalue weighted by Gasteiger charge is 2.55. The van der Waals surface area contributed by atoms with E-state index >= 15 is 0 Å². The zero-order valence-corrected chi connectivity index (χ0v) is 42.0. The number of hydrogen-bond acceptors (Lipinski definition) is 17. The molecule has 390 valence electrons. The molecule has 2 heterocycles. The van der Waals surface area contributed by atoms with E-state index in [2.05, 4.69) is 5.32 Å². The van der Waals surface area contributed by atoms with E-state index in [1.807, 2.05) is 91.0 Å². The molecule has 0 saturated carbocycles. The largest absolute Gasteiger partial charge is 0.469 e.